The topological polar surface area (TPSA) is 15.6 Å². The van der Waals surface area contributed by atoms with E-state index in [4.69, 9.17) is 11.6 Å². The van der Waals surface area contributed by atoms with Crippen LogP contribution in [0, 0.1) is 0 Å². The van der Waals surface area contributed by atoms with Crippen molar-refractivity contribution in [1.29, 1.82) is 0 Å². The molecule has 1 aliphatic heterocycles. The predicted octanol–water partition coefficient (Wildman–Crippen LogP) is 5.28. The Labute approximate surface area is 159 Å². The van der Waals surface area contributed by atoms with Gasteiger partial charge in [-0.25, -0.2) is 4.90 Å². The molecule has 1 aliphatic rings. The van der Waals surface area contributed by atoms with Gasteiger partial charge in [-0.1, -0.05) is 103 Å². The van der Waals surface area contributed by atoms with Crippen LogP contribution in [0.2, 0.25) is 0 Å². The van der Waals surface area contributed by atoms with Crippen molar-refractivity contribution in [2.75, 3.05) is 0 Å². The van der Waals surface area contributed by atoms with Crippen LogP contribution in [-0.4, -0.2) is 22.8 Å². The van der Waals surface area contributed by atoms with E-state index in [2.05, 4.69) is 89.6 Å². The van der Waals surface area contributed by atoms with E-state index in [0.29, 0.717) is 0 Å². The summed E-state index contributed by atoms with van der Waals surface area (Å²) in [5, 5.41) is 0. The van der Waals surface area contributed by atoms with Crippen molar-refractivity contribution >= 4 is 17.8 Å². The molecule has 0 saturated carbocycles. The molecule has 3 aromatic carbocycles. The van der Waals surface area contributed by atoms with Gasteiger partial charge in [-0.05, 0) is 23.6 Å². The van der Waals surface area contributed by atoms with E-state index in [-0.39, 0.29) is 6.04 Å². The van der Waals surface area contributed by atoms with Gasteiger partial charge in [0.05, 0.1) is 0 Å². The van der Waals surface area contributed by atoms with E-state index in [1.165, 1.54) is 16.7 Å². The Morgan fingerprint density at radius 2 is 1.12 bits per heavy atom. The maximum atomic E-state index is 6.74. The minimum absolute atomic E-state index is 0.109. The molecule has 0 bridgehead atoms. The van der Waals surface area contributed by atoms with Crippen LogP contribution in [0.1, 0.15) is 23.6 Å². The Bertz CT molecular complexity index is 769. The van der Waals surface area contributed by atoms with E-state index in [1.807, 2.05) is 24.4 Å². The van der Waals surface area contributed by atoms with Crippen LogP contribution >= 0.6 is 11.6 Å². The maximum Gasteiger partial charge on any atom is 0.179 e. The summed E-state index contributed by atoms with van der Waals surface area (Å²) in [6, 6.07) is 31.8. The molecule has 26 heavy (non-hydrogen) atoms. The quantitative estimate of drug-likeness (QED) is 0.351. The number of benzene rings is 3. The van der Waals surface area contributed by atoms with Crippen LogP contribution in [0.25, 0.3) is 0 Å². The van der Waals surface area contributed by atoms with E-state index in [0.717, 1.165) is 0 Å². The molecule has 4 rings (SSSR count). The Morgan fingerprint density at radius 3 is 1.42 bits per heavy atom. The lowest BCUT2D eigenvalue weighted by atomic mass is 9.75. The highest BCUT2D eigenvalue weighted by Gasteiger charge is 2.48. The fourth-order valence-electron chi connectivity index (χ4n) is 3.98. The summed E-state index contributed by atoms with van der Waals surface area (Å²) in [6.07, 6.45) is 1.95. The van der Waals surface area contributed by atoms with Gasteiger partial charge in [-0.2, -0.15) is 0 Å². The van der Waals surface area contributed by atoms with Gasteiger partial charge < -0.3 is 0 Å². The van der Waals surface area contributed by atoms with Crippen molar-refractivity contribution < 1.29 is 0 Å². The molecule has 0 saturated heterocycles. The third kappa shape index (κ3) is 2.66. The second kappa shape index (κ2) is 7.06. The number of aliphatic imine (C=N–C) groups is 1. The molecule has 0 spiro atoms. The number of nitrogens with zero attached hydrogens (tertiary/aromatic N) is 2. The first-order valence-electron chi connectivity index (χ1n) is 8.87. The predicted molar refractivity (Wildman–Crippen MR) is 109 cm³/mol. The van der Waals surface area contributed by atoms with Crippen LogP contribution in [0.3, 0.4) is 0 Å². The Kier molecular flexibility index (Phi) is 4.62. The van der Waals surface area contributed by atoms with Crippen LogP contribution in [0.5, 0.6) is 0 Å². The zero-order valence-corrected chi connectivity index (χ0v) is 15.4. The van der Waals surface area contributed by atoms with Gasteiger partial charge in [0.2, 0.25) is 0 Å². The van der Waals surface area contributed by atoms with Crippen LogP contribution in [0.15, 0.2) is 96.0 Å². The van der Waals surface area contributed by atoms with Gasteiger partial charge >= 0.3 is 0 Å². The lowest BCUT2D eigenvalue weighted by molar-refractivity contribution is 0.141. The van der Waals surface area contributed by atoms with Gasteiger partial charge in [0.15, 0.2) is 5.62 Å². The molecular formula is C23H21ClN2. The van der Waals surface area contributed by atoms with E-state index in [9.17, 15) is 0 Å². The molecule has 3 aromatic rings. The lowest BCUT2D eigenvalue weighted by Gasteiger charge is -2.46. The summed E-state index contributed by atoms with van der Waals surface area (Å²) in [5.41, 5.74) is 2.60. The van der Waals surface area contributed by atoms with Crippen molar-refractivity contribution in [2.24, 2.45) is 4.99 Å². The highest BCUT2D eigenvalue weighted by Crippen LogP contribution is 2.46. The second-order valence-electron chi connectivity index (χ2n) is 6.57. The number of halogens is 1. The van der Waals surface area contributed by atoms with Crippen LogP contribution in [-0.2, 0) is 5.54 Å². The monoisotopic (exact) mass is 360 g/mol. The Hall–Kier alpha value is -2.42. The third-order valence-electron chi connectivity index (χ3n) is 5.06. The summed E-state index contributed by atoms with van der Waals surface area (Å²) < 4.78 is 0. The van der Waals surface area contributed by atoms with E-state index in [1.54, 1.807) is 0 Å². The van der Waals surface area contributed by atoms with E-state index < -0.39 is 11.2 Å². The summed E-state index contributed by atoms with van der Waals surface area (Å²) in [7, 11) is 0. The van der Waals surface area contributed by atoms with E-state index >= 15 is 0 Å². The average molecular weight is 361 g/mol. The van der Waals surface area contributed by atoms with Crippen LogP contribution < -0.4 is 0 Å². The molecule has 2 nitrogen and oxygen atoms in total. The molecule has 0 amide bonds. The number of alkyl halides is 1. The summed E-state index contributed by atoms with van der Waals surface area (Å²) >= 11 is 6.74. The standard InChI is InChI=1S/C23H21ClN2/c1-18-17-25-22(24)26(18)23(19-11-5-2-6-12-19,20-13-7-3-8-14-20)21-15-9-4-10-16-21/h2-18,22H,1H3. The van der Waals surface area contributed by atoms with Gasteiger partial charge in [0.25, 0.3) is 0 Å². The van der Waals surface area contributed by atoms with Crippen LogP contribution in [0.4, 0.5) is 0 Å². The molecule has 2 unspecified atom stereocenters. The first-order valence-corrected chi connectivity index (χ1v) is 9.30. The van der Waals surface area contributed by atoms with Gasteiger partial charge in [0.1, 0.15) is 5.54 Å². The smallest absolute Gasteiger partial charge is 0.179 e. The van der Waals surface area contributed by atoms with Crippen molar-refractivity contribution in [3.8, 4) is 0 Å². The minimum atomic E-state index is -0.522. The van der Waals surface area contributed by atoms with Crippen molar-refractivity contribution in [1.82, 2.24) is 4.90 Å². The molecule has 0 aromatic heterocycles. The SMILES string of the molecule is CC1C=NC(Cl)N1C(c1ccccc1)(c1ccccc1)c1ccccc1. The van der Waals surface area contributed by atoms with Gasteiger partial charge in [0, 0.05) is 12.3 Å². The first kappa shape index (κ1) is 17.0. The van der Waals surface area contributed by atoms with Gasteiger partial charge in [-0.15, -0.1) is 0 Å². The zero-order chi connectivity index (χ0) is 18.0. The largest absolute Gasteiger partial charge is 0.261 e. The van der Waals surface area contributed by atoms with Crippen molar-refractivity contribution in [2.45, 2.75) is 24.1 Å². The summed E-state index contributed by atoms with van der Waals surface area (Å²) in [5.74, 6) is 0. The molecule has 0 N–H and O–H groups in total. The third-order valence-corrected chi connectivity index (χ3v) is 5.38. The van der Waals surface area contributed by atoms with Crippen molar-refractivity contribution in [3.05, 3.63) is 108 Å². The summed E-state index contributed by atoms with van der Waals surface area (Å²) in [4.78, 5) is 6.79. The normalized spacial score (nSPS) is 20.4. The minimum Gasteiger partial charge on any atom is -0.261 e. The Morgan fingerprint density at radius 1 is 0.731 bits per heavy atom. The Balaban J connectivity index is 2.08. The average Bonchev–Trinajstić information content (AvgIpc) is 3.04. The number of hydrogen-bond acceptors (Lipinski definition) is 2. The zero-order valence-electron chi connectivity index (χ0n) is 14.7. The molecular weight excluding hydrogens is 340 g/mol. The molecule has 0 fully saturated rings. The first-order chi connectivity index (χ1) is 12.7. The van der Waals surface area contributed by atoms with Gasteiger partial charge in [-0.3, -0.25) is 4.99 Å². The fourth-order valence-corrected chi connectivity index (χ4v) is 4.37. The highest BCUT2D eigenvalue weighted by atomic mass is 35.5. The molecule has 1 heterocycles. The summed E-state index contributed by atoms with van der Waals surface area (Å²) in [6.45, 7) is 2.15. The van der Waals surface area contributed by atoms with Crippen molar-refractivity contribution in [3.63, 3.8) is 0 Å². The fraction of sp³-hybridized carbons (Fsp3) is 0.174. The number of hydrogen-bond donors (Lipinski definition) is 0. The molecule has 2 atom stereocenters. The number of rotatable bonds is 4. The second-order valence-corrected chi connectivity index (χ2v) is 6.96. The molecule has 3 heteroatoms. The molecule has 130 valence electrons. The molecule has 0 radical (unpaired) electrons. The highest BCUT2D eigenvalue weighted by molar-refractivity contribution is 6.21. The lowest BCUT2D eigenvalue weighted by Crippen LogP contribution is -2.52. The molecule has 0 aliphatic carbocycles. The maximum absolute atomic E-state index is 6.74.